The lowest BCUT2D eigenvalue weighted by Gasteiger charge is -2.31. The van der Waals surface area contributed by atoms with Gasteiger partial charge in [0.15, 0.2) is 0 Å². The molecule has 0 amide bonds. The summed E-state index contributed by atoms with van der Waals surface area (Å²) in [5.74, 6) is 3.76. The van der Waals surface area contributed by atoms with Crippen molar-refractivity contribution in [1.82, 2.24) is 0 Å². The summed E-state index contributed by atoms with van der Waals surface area (Å²) in [7, 11) is 0. The van der Waals surface area contributed by atoms with Gasteiger partial charge in [-0.05, 0) is 84.0 Å². The van der Waals surface area contributed by atoms with Crippen molar-refractivity contribution in [3.63, 3.8) is 0 Å². The second kappa shape index (κ2) is 10.5. The van der Waals surface area contributed by atoms with Gasteiger partial charge in [0.2, 0.25) is 0 Å². The van der Waals surface area contributed by atoms with Gasteiger partial charge in [-0.25, -0.2) is 0 Å². The van der Waals surface area contributed by atoms with Crippen LogP contribution in [0.4, 0.5) is 0 Å². The zero-order valence-electron chi connectivity index (χ0n) is 20.5. The van der Waals surface area contributed by atoms with E-state index in [1.54, 1.807) is 27.9 Å². The smallest absolute Gasteiger partial charge is 0.0169 e. The highest BCUT2D eigenvalue weighted by Gasteiger charge is 2.24. The van der Waals surface area contributed by atoms with E-state index in [0.29, 0.717) is 35.5 Å². The van der Waals surface area contributed by atoms with Crippen LogP contribution in [-0.4, -0.2) is 0 Å². The fourth-order valence-corrected chi connectivity index (χ4v) is 3.89. The summed E-state index contributed by atoms with van der Waals surface area (Å²) in [6, 6.07) is 0. The lowest BCUT2D eigenvalue weighted by molar-refractivity contribution is 0.440. The molecule has 0 fully saturated rings. The van der Waals surface area contributed by atoms with Crippen LogP contribution in [0.25, 0.3) is 0 Å². The molecule has 5 unspecified atom stereocenters. The van der Waals surface area contributed by atoms with E-state index >= 15 is 0 Å². The zero-order valence-corrected chi connectivity index (χ0v) is 20.5. The van der Waals surface area contributed by atoms with Gasteiger partial charge in [0.1, 0.15) is 0 Å². The Morgan fingerprint density at radius 3 is 0.808 bits per heavy atom. The third-order valence-corrected chi connectivity index (χ3v) is 7.95. The highest BCUT2D eigenvalue weighted by Crippen LogP contribution is 2.36. The van der Waals surface area contributed by atoms with E-state index in [9.17, 15) is 0 Å². The topological polar surface area (TPSA) is 0 Å². The summed E-state index contributed by atoms with van der Waals surface area (Å²) in [6.07, 6.45) is 0. The molecule has 26 heavy (non-hydrogen) atoms. The van der Waals surface area contributed by atoms with E-state index in [1.807, 2.05) is 0 Å². The van der Waals surface area contributed by atoms with Gasteiger partial charge in [0.05, 0.1) is 0 Å². The monoisotopic (exact) mass is 360 g/mol. The first-order chi connectivity index (χ1) is 11.7. The van der Waals surface area contributed by atoms with E-state index in [1.165, 1.54) is 5.57 Å². The Hall–Kier alpha value is -0.780. The molecule has 0 nitrogen and oxygen atoms in total. The van der Waals surface area contributed by atoms with Gasteiger partial charge in [0, 0.05) is 0 Å². The molecule has 0 aliphatic heterocycles. The second-order valence-corrected chi connectivity index (χ2v) is 9.60. The summed E-state index contributed by atoms with van der Waals surface area (Å²) >= 11 is 0. The quantitative estimate of drug-likeness (QED) is 0.379. The van der Waals surface area contributed by atoms with Gasteiger partial charge in [-0.3, -0.25) is 0 Å². The fourth-order valence-electron chi connectivity index (χ4n) is 3.89. The van der Waals surface area contributed by atoms with Crippen molar-refractivity contribution in [3.8, 4) is 0 Å². The van der Waals surface area contributed by atoms with E-state index in [4.69, 9.17) is 0 Å². The first kappa shape index (κ1) is 25.2. The molecule has 0 bridgehead atoms. The molecule has 0 aliphatic carbocycles. The van der Waals surface area contributed by atoms with Gasteiger partial charge >= 0.3 is 0 Å². The Labute approximate surface area is 166 Å². The number of hydrogen-bond acceptors (Lipinski definition) is 0. The van der Waals surface area contributed by atoms with Crippen LogP contribution in [0, 0.1) is 35.5 Å². The molecular formula is C26H48. The molecule has 5 atom stereocenters. The van der Waals surface area contributed by atoms with E-state index < -0.39 is 0 Å². The molecule has 0 saturated heterocycles. The number of allylic oxidation sites excluding steroid dienone is 6. The average Bonchev–Trinajstić information content (AvgIpc) is 2.61. The van der Waals surface area contributed by atoms with Gasteiger partial charge < -0.3 is 0 Å². The van der Waals surface area contributed by atoms with E-state index in [-0.39, 0.29) is 0 Å². The maximum Gasteiger partial charge on any atom is -0.0169 e. The highest BCUT2D eigenvalue weighted by molar-refractivity contribution is 5.24. The maximum atomic E-state index is 2.42. The standard InChI is InChI=1S/C26H48/c1-15(2)17(5)19(7)21(9)23(11)25(13)26(14)24(12)22(10)20(8)18(6)16(3)4/h15,17,20,22-23,25H,1-14H3. The SMILES string of the molecule is CC(C)=C(C)C(C)C(C)C(C)=C(C)C(C)C(C)C(C)=C(C)C(C)C(C)C. The third-order valence-electron chi connectivity index (χ3n) is 7.95. The van der Waals surface area contributed by atoms with Crippen molar-refractivity contribution < 1.29 is 0 Å². The van der Waals surface area contributed by atoms with Crippen molar-refractivity contribution in [2.45, 2.75) is 96.9 Å². The van der Waals surface area contributed by atoms with Crippen LogP contribution in [0.1, 0.15) is 96.9 Å². The predicted molar refractivity (Wildman–Crippen MR) is 121 cm³/mol. The molecule has 0 N–H and O–H groups in total. The van der Waals surface area contributed by atoms with Gasteiger partial charge in [-0.2, -0.15) is 0 Å². The first-order valence-electron chi connectivity index (χ1n) is 10.7. The molecule has 0 heterocycles. The predicted octanol–water partition coefficient (Wildman–Crippen LogP) is 8.85. The van der Waals surface area contributed by atoms with E-state index in [2.05, 4.69) is 96.9 Å². The van der Waals surface area contributed by atoms with Crippen LogP contribution in [0.15, 0.2) is 33.4 Å². The van der Waals surface area contributed by atoms with Crippen LogP contribution >= 0.6 is 0 Å². The average molecular weight is 361 g/mol. The molecule has 0 aromatic carbocycles. The Bertz CT molecular complexity index is 549. The first-order valence-corrected chi connectivity index (χ1v) is 10.7. The largest absolute Gasteiger partial charge is 0.0772 e. The minimum absolute atomic E-state index is 0.589. The summed E-state index contributed by atoms with van der Waals surface area (Å²) in [6.45, 7) is 32.9. The summed E-state index contributed by atoms with van der Waals surface area (Å²) in [5.41, 5.74) is 9.36. The molecule has 0 spiro atoms. The number of hydrogen-bond donors (Lipinski definition) is 0. The maximum absolute atomic E-state index is 2.42. The van der Waals surface area contributed by atoms with Crippen molar-refractivity contribution in [2.75, 3.05) is 0 Å². The molecule has 0 radical (unpaired) electrons. The number of rotatable bonds is 8. The fraction of sp³-hybridized carbons (Fsp3) is 0.769. The van der Waals surface area contributed by atoms with Crippen molar-refractivity contribution in [3.05, 3.63) is 33.4 Å². The molecular weight excluding hydrogens is 312 g/mol. The molecule has 0 saturated carbocycles. The van der Waals surface area contributed by atoms with Gasteiger partial charge in [-0.1, -0.05) is 81.9 Å². The Kier molecular flexibility index (Phi) is 10.2. The van der Waals surface area contributed by atoms with Crippen molar-refractivity contribution in [2.24, 2.45) is 35.5 Å². The zero-order chi connectivity index (χ0) is 20.9. The van der Waals surface area contributed by atoms with Crippen molar-refractivity contribution in [1.29, 1.82) is 0 Å². The van der Waals surface area contributed by atoms with Crippen LogP contribution in [0.5, 0.6) is 0 Å². The molecule has 0 heteroatoms. The Morgan fingerprint density at radius 1 is 0.346 bits per heavy atom. The van der Waals surface area contributed by atoms with E-state index in [0.717, 1.165) is 0 Å². The second-order valence-electron chi connectivity index (χ2n) is 9.60. The van der Waals surface area contributed by atoms with Crippen molar-refractivity contribution >= 4 is 0 Å². The van der Waals surface area contributed by atoms with Crippen LogP contribution in [0.2, 0.25) is 0 Å². The van der Waals surface area contributed by atoms with Gasteiger partial charge in [-0.15, -0.1) is 0 Å². The minimum Gasteiger partial charge on any atom is -0.0772 e. The Balaban J connectivity index is 5.64. The lowest BCUT2D eigenvalue weighted by atomic mass is 9.75. The molecule has 0 rings (SSSR count). The lowest BCUT2D eigenvalue weighted by Crippen LogP contribution is -2.19. The molecule has 0 aromatic heterocycles. The summed E-state index contributed by atoms with van der Waals surface area (Å²) in [4.78, 5) is 0. The van der Waals surface area contributed by atoms with Crippen LogP contribution in [-0.2, 0) is 0 Å². The third kappa shape index (κ3) is 6.14. The molecule has 0 aromatic rings. The molecule has 152 valence electrons. The summed E-state index contributed by atoms with van der Waals surface area (Å²) < 4.78 is 0. The Morgan fingerprint density at radius 2 is 0.577 bits per heavy atom. The summed E-state index contributed by atoms with van der Waals surface area (Å²) in [5, 5.41) is 0. The van der Waals surface area contributed by atoms with Crippen LogP contribution in [0.3, 0.4) is 0 Å². The normalized spacial score (nSPS) is 20.0. The van der Waals surface area contributed by atoms with Crippen LogP contribution < -0.4 is 0 Å². The minimum atomic E-state index is 0.589. The highest BCUT2D eigenvalue weighted by atomic mass is 14.3. The molecule has 0 aliphatic rings. The van der Waals surface area contributed by atoms with Gasteiger partial charge in [0.25, 0.3) is 0 Å².